The molecule has 2 aliphatic rings. The summed E-state index contributed by atoms with van der Waals surface area (Å²) < 4.78 is 6.38. The van der Waals surface area contributed by atoms with Gasteiger partial charge in [0.05, 0.1) is 5.69 Å². The first-order valence-corrected chi connectivity index (χ1v) is 21.8. The van der Waals surface area contributed by atoms with E-state index in [0.29, 0.717) is 0 Å². The van der Waals surface area contributed by atoms with E-state index in [1.165, 1.54) is 66.8 Å². The van der Waals surface area contributed by atoms with Crippen molar-refractivity contribution in [2.24, 2.45) is 0 Å². The lowest BCUT2D eigenvalue weighted by molar-refractivity contribution is 0.660. The van der Waals surface area contributed by atoms with Crippen molar-refractivity contribution < 1.29 is 4.42 Å². The summed E-state index contributed by atoms with van der Waals surface area (Å²) in [5, 5.41) is 2.26. The Labute approximate surface area is 363 Å². The van der Waals surface area contributed by atoms with E-state index in [4.69, 9.17) is 4.42 Å². The van der Waals surface area contributed by atoms with E-state index in [2.05, 4.69) is 227 Å². The van der Waals surface area contributed by atoms with Crippen molar-refractivity contribution >= 4 is 39.0 Å². The summed E-state index contributed by atoms with van der Waals surface area (Å²) in [6, 6.07) is 73.6. The number of para-hydroxylation sites is 2. The number of benzene rings is 9. The molecule has 0 unspecified atom stereocenters. The SMILES string of the molecule is CC1(C)c2ccccc2-c2c(-c3ccccc3N(c3cccc(-c4cccc5c4C(C)(C)c4ccccc4-5)c3)c3cccc(-c4cccc5oc6ccccc6c45)c3)cccc21. The second-order valence-electron chi connectivity index (χ2n) is 18.0. The summed E-state index contributed by atoms with van der Waals surface area (Å²) in [7, 11) is 0. The van der Waals surface area contributed by atoms with Crippen LogP contribution in [-0.4, -0.2) is 0 Å². The first-order valence-electron chi connectivity index (χ1n) is 21.8. The van der Waals surface area contributed by atoms with E-state index in [-0.39, 0.29) is 10.8 Å². The number of anilines is 3. The van der Waals surface area contributed by atoms with Gasteiger partial charge in [-0.3, -0.25) is 0 Å². The maximum atomic E-state index is 6.38. The molecule has 0 spiro atoms. The Kier molecular flexibility index (Phi) is 7.96. The van der Waals surface area contributed by atoms with Crippen LogP contribution in [0.25, 0.3) is 77.6 Å². The molecule has 2 aliphatic carbocycles. The van der Waals surface area contributed by atoms with E-state index < -0.39 is 0 Å². The number of hydrogen-bond donors (Lipinski definition) is 0. The predicted molar refractivity (Wildman–Crippen MR) is 260 cm³/mol. The smallest absolute Gasteiger partial charge is 0.136 e. The first-order chi connectivity index (χ1) is 30.3. The Morgan fingerprint density at radius 1 is 0.371 bits per heavy atom. The van der Waals surface area contributed by atoms with Crippen LogP contribution in [-0.2, 0) is 10.8 Å². The van der Waals surface area contributed by atoms with Gasteiger partial charge in [-0.2, -0.15) is 0 Å². The van der Waals surface area contributed by atoms with E-state index in [0.717, 1.165) is 50.1 Å². The van der Waals surface area contributed by atoms with Crippen molar-refractivity contribution in [3.63, 3.8) is 0 Å². The van der Waals surface area contributed by atoms with Gasteiger partial charge in [0.2, 0.25) is 0 Å². The highest BCUT2D eigenvalue weighted by molar-refractivity contribution is 6.12. The van der Waals surface area contributed by atoms with Crippen molar-refractivity contribution in [2.45, 2.75) is 38.5 Å². The molecule has 0 N–H and O–H groups in total. The molecule has 0 radical (unpaired) electrons. The summed E-state index contributed by atoms with van der Waals surface area (Å²) >= 11 is 0. The molecule has 12 rings (SSSR count). The van der Waals surface area contributed by atoms with Gasteiger partial charge in [-0.05, 0) is 115 Å². The van der Waals surface area contributed by atoms with E-state index in [1.807, 2.05) is 6.07 Å². The Bertz CT molecular complexity index is 3430. The summed E-state index contributed by atoms with van der Waals surface area (Å²) in [6.45, 7) is 9.47. The minimum Gasteiger partial charge on any atom is -0.456 e. The van der Waals surface area contributed by atoms with Crippen molar-refractivity contribution in [2.75, 3.05) is 4.90 Å². The number of rotatable bonds is 6. The van der Waals surface area contributed by atoms with Gasteiger partial charge in [0.1, 0.15) is 11.2 Å². The predicted octanol–water partition coefficient (Wildman–Crippen LogP) is 16.7. The number of hydrogen-bond acceptors (Lipinski definition) is 2. The third-order valence-electron chi connectivity index (χ3n) is 13.9. The lowest BCUT2D eigenvalue weighted by atomic mass is 9.79. The van der Waals surface area contributed by atoms with Gasteiger partial charge in [0.15, 0.2) is 0 Å². The second-order valence-corrected chi connectivity index (χ2v) is 18.0. The van der Waals surface area contributed by atoms with Crippen molar-refractivity contribution in [3.05, 3.63) is 222 Å². The molecule has 0 atom stereocenters. The third kappa shape index (κ3) is 5.29. The zero-order valence-electron chi connectivity index (χ0n) is 35.4. The van der Waals surface area contributed by atoms with Crippen LogP contribution in [0, 0.1) is 0 Å². The number of furan rings is 1. The summed E-state index contributed by atoms with van der Waals surface area (Å²) in [5.74, 6) is 0. The molecule has 0 aliphatic heterocycles. The van der Waals surface area contributed by atoms with Gasteiger partial charge < -0.3 is 9.32 Å². The highest BCUT2D eigenvalue weighted by atomic mass is 16.3. The fraction of sp³-hybridized carbons (Fsp3) is 0.100. The standard InChI is InChI=1S/C60H45NO/c1-59(2)51-31-10-6-24-48(51)56-46(28-16-32-52(56)59)45-23-7-11-33-53(45)61(40-20-13-18-38(36-40)42-26-17-35-55-57(42)49-25-8-12-34-54(49)62-55)41-21-14-19-39(37-41)43-27-15-29-47-44-22-5-9-30-50(44)60(3,4)58(43)47/h5-37H,1-4H3. The Morgan fingerprint density at radius 3 is 1.68 bits per heavy atom. The summed E-state index contributed by atoms with van der Waals surface area (Å²) in [6.07, 6.45) is 0. The van der Waals surface area contributed by atoms with Gasteiger partial charge in [0.25, 0.3) is 0 Å². The van der Waals surface area contributed by atoms with E-state index >= 15 is 0 Å². The molecule has 0 amide bonds. The molecule has 0 saturated heterocycles. The minimum absolute atomic E-state index is 0.110. The molecule has 10 aromatic rings. The number of fused-ring (bicyclic) bond motifs is 9. The van der Waals surface area contributed by atoms with Crippen molar-refractivity contribution in [3.8, 4) is 55.6 Å². The molecular formula is C60H45NO. The topological polar surface area (TPSA) is 16.4 Å². The van der Waals surface area contributed by atoms with Crippen LogP contribution in [0.4, 0.5) is 17.1 Å². The third-order valence-corrected chi connectivity index (χ3v) is 13.9. The zero-order chi connectivity index (χ0) is 41.7. The summed E-state index contributed by atoms with van der Waals surface area (Å²) in [4.78, 5) is 2.48. The molecule has 1 aromatic heterocycles. The van der Waals surface area contributed by atoms with Gasteiger partial charge in [0, 0.05) is 38.5 Å². The quantitative estimate of drug-likeness (QED) is 0.167. The van der Waals surface area contributed by atoms with Crippen LogP contribution < -0.4 is 4.90 Å². The van der Waals surface area contributed by atoms with Crippen LogP contribution in [0.2, 0.25) is 0 Å². The highest BCUT2D eigenvalue weighted by Crippen LogP contribution is 2.55. The van der Waals surface area contributed by atoms with Crippen LogP contribution in [0.5, 0.6) is 0 Å². The van der Waals surface area contributed by atoms with Gasteiger partial charge in [-0.1, -0.05) is 185 Å². The normalized spacial score (nSPS) is 14.1. The van der Waals surface area contributed by atoms with Crippen LogP contribution >= 0.6 is 0 Å². The fourth-order valence-corrected chi connectivity index (χ4v) is 11.0. The average molecular weight is 796 g/mol. The molecule has 296 valence electrons. The lowest BCUT2D eigenvalue weighted by Gasteiger charge is -2.30. The summed E-state index contributed by atoms with van der Waals surface area (Å²) in [5.41, 5.74) is 22.8. The maximum absolute atomic E-state index is 6.38. The van der Waals surface area contributed by atoms with Gasteiger partial charge in [-0.25, -0.2) is 0 Å². The van der Waals surface area contributed by atoms with E-state index in [1.54, 1.807) is 0 Å². The fourth-order valence-electron chi connectivity index (χ4n) is 11.0. The average Bonchev–Trinajstić information content (AvgIpc) is 3.90. The molecule has 0 fully saturated rings. The van der Waals surface area contributed by atoms with Crippen LogP contribution in [0.1, 0.15) is 49.9 Å². The molecule has 9 aromatic carbocycles. The lowest BCUT2D eigenvalue weighted by Crippen LogP contribution is -2.16. The minimum atomic E-state index is -0.144. The monoisotopic (exact) mass is 795 g/mol. The second kappa shape index (κ2) is 13.5. The van der Waals surface area contributed by atoms with Gasteiger partial charge in [-0.15, -0.1) is 0 Å². The molecule has 1 heterocycles. The number of nitrogens with zero attached hydrogens (tertiary/aromatic N) is 1. The molecule has 62 heavy (non-hydrogen) atoms. The molecule has 0 saturated carbocycles. The largest absolute Gasteiger partial charge is 0.456 e. The maximum Gasteiger partial charge on any atom is 0.136 e. The van der Waals surface area contributed by atoms with Crippen molar-refractivity contribution in [1.82, 2.24) is 0 Å². The zero-order valence-corrected chi connectivity index (χ0v) is 35.4. The Balaban J connectivity index is 1.09. The molecule has 2 nitrogen and oxygen atoms in total. The highest BCUT2D eigenvalue weighted by Gasteiger charge is 2.38. The van der Waals surface area contributed by atoms with Gasteiger partial charge >= 0.3 is 0 Å². The molecular weight excluding hydrogens is 751 g/mol. The van der Waals surface area contributed by atoms with Crippen LogP contribution in [0.3, 0.4) is 0 Å². The van der Waals surface area contributed by atoms with Crippen LogP contribution in [0.15, 0.2) is 205 Å². The Morgan fingerprint density at radius 2 is 0.887 bits per heavy atom. The molecule has 2 heteroatoms. The van der Waals surface area contributed by atoms with Crippen molar-refractivity contribution in [1.29, 1.82) is 0 Å². The first kappa shape index (κ1) is 36.4. The Hall–Kier alpha value is -7.42. The van der Waals surface area contributed by atoms with E-state index in [9.17, 15) is 0 Å². The molecule has 0 bridgehead atoms.